The molecule has 0 saturated carbocycles. The van der Waals surface area contributed by atoms with E-state index in [1.165, 1.54) is 16.9 Å². The lowest BCUT2D eigenvalue weighted by Crippen LogP contribution is -2.47. The Morgan fingerprint density at radius 3 is 2.44 bits per heavy atom. The second-order valence-corrected chi connectivity index (χ2v) is 9.50. The first kappa shape index (κ1) is 21.4. The first-order chi connectivity index (χ1) is 15.6. The summed E-state index contributed by atoms with van der Waals surface area (Å²) in [6.45, 7) is 6.65. The quantitative estimate of drug-likeness (QED) is 0.448. The molecule has 32 heavy (non-hydrogen) atoms. The highest BCUT2D eigenvalue weighted by atomic mass is 35.5. The summed E-state index contributed by atoms with van der Waals surface area (Å²) in [4.78, 5) is 11.0. The third kappa shape index (κ3) is 4.13. The lowest BCUT2D eigenvalue weighted by Gasteiger charge is -2.39. The lowest BCUT2D eigenvalue weighted by molar-refractivity contribution is 0.105. The zero-order chi connectivity index (χ0) is 22.1. The molecule has 3 heterocycles. The highest BCUT2D eigenvalue weighted by Gasteiger charge is 2.32. The Morgan fingerprint density at radius 1 is 1.03 bits per heavy atom. The summed E-state index contributed by atoms with van der Waals surface area (Å²) in [5, 5.41) is 16.3. The number of thiazole rings is 1. The molecule has 166 valence electrons. The maximum absolute atomic E-state index is 11.1. The smallest absolute Gasteiger partial charge is 0.230 e. The number of piperazine rings is 1. The van der Waals surface area contributed by atoms with Crippen molar-refractivity contribution >= 4 is 27.9 Å². The molecule has 1 aliphatic rings. The number of fused-ring (bicyclic) bond motifs is 1. The van der Waals surface area contributed by atoms with Crippen molar-refractivity contribution in [2.75, 3.05) is 26.2 Å². The van der Waals surface area contributed by atoms with Crippen LogP contribution in [0.1, 0.15) is 34.8 Å². The summed E-state index contributed by atoms with van der Waals surface area (Å²) >= 11 is 8.14. The molecule has 0 bridgehead atoms. The highest BCUT2D eigenvalue weighted by molar-refractivity contribution is 7.17. The summed E-state index contributed by atoms with van der Waals surface area (Å²) in [6, 6.07) is 18.4. The fourth-order valence-corrected chi connectivity index (χ4v) is 5.71. The van der Waals surface area contributed by atoms with Crippen molar-refractivity contribution in [3.8, 4) is 5.88 Å². The van der Waals surface area contributed by atoms with Crippen LogP contribution in [0.25, 0.3) is 4.96 Å². The average molecular weight is 468 g/mol. The third-order valence-electron chi connectivity index (χ3n) is 6.03. The predicted molar refractivity (Wildman–Crippen MR) is 128 cm³/mol. The monoisotopic (exact) mass is 467 g/mol. The average Bonchev–Trinajstić information content (AvgIpc) is 3.36. The second-order valence-electron chi connectivity index (χ2n) is 8.09. The third-order valence-corrected chi connectivity index (χ3v) is 7.45. The first-order valence-electron chi connectivity index (χ1n) is 11.0. The van der Waals surface area contributed by atoms with Crippen LogP contribution >= 0.6 is 22.9 Å². The lowest BCUT2D eigenvalue weighted by atomic mass is 10.0. The van der Waals surface area contributed by atoms with Gasteiger partial charge in [-0.15, -0.1) is 5.10 Å². The van der Waals surface area contributed by atoms with Gasteiger partial charge in [-0.3, -0.25) is 9.80 Å². The summed E-state index contributed by atoms with van der Waals surface area (Å²) < 4.78 is 1.56. The van der Waals surface area contributed by atoms with Crippen LogP contribution in [-0.2, 0) is 13.0 Å². The summed E-state index contributed by atoms with van der Waals surface area (Å²) in [7, 11) is 0. The minimum atomic E-state index is -0.138. The van der Waals surface area contributed by atoms with Crippen molar-refractivity contribution in [1.29, 1.82) is 0 Å². The fraction of sp³-hybridized carbons (Fsp3) is 0.333. The van der Waals surface area contributed by atoms with Crippen molar-refractivity contribution in [3.63, 3.8) is 0 Å². The van der Waals surface area contributed by atoms with Crippen molar-refractivity contribution in [2.45, 2.75) is 25.9 Å². The van der Waals surface area contributed by atoms with Gasteiger partial charge in [0.2, 0.25) is 10.8 Å². The zero-order valence-corrected chi connectivity index (χ0v) is 19.6. The van der Waals surface area contributed by atoms with Crippen LogP contribution in [0.5, 0.6) is 5.88 Å². The molecule has 5 rings (SSSR count). The van der Waals surface area contributed by atoms with Gasteiger partial charge in [-0.05, 0) is 17.2 Å². The van der Waals surface area contributed by atoms with Gasteiger partial charge in [0, 0.05) is 44.2 Å². The van der Waals surface area contributed by atoms with Crippen molar-refractivity contribution in [1.82, 2.24) is 24.4 Å². The predicted octanol–water partition coefficient (Wildman–Crippen LogP) is 4.62. The summed E-state index contributed by atoms with van der Waals surface area (Å²) in [5.41, 5.74) is 2.33. The molecule has 1 saturated heterocycles. The van der Waals surface area contributed by atoms with Crippen LogP contribution < -0.4 is 0 Å². The van der Waals surface area contributed by atoms with E-state index < -0.39 is 0 Å². The van der Waals surface area contributed by atoms with Gasteiger partial charge in [0.1, 0.15) is 0 Å². The van der Waals surface area contributed by atoms with E-state index in [0.29, 0.717) is 9.98 Å². The van der Waals surface area contributed by atoms with Crippen LogP contribution in [0, 0.1) is 0 Å². The Hall–Kier alpha value is -2.45. The Bertz CT molecular complexity index is 1200. The SMILES string of the molecule is CCc1nc2sc([C@H](c3ccccc3Cl)N3CCN(Cc4ccccc4)CC3)c(O)n2n1. The molecular formula is C24H26ClN5OS. The number of hydrogen-bond donors (Lipinski definition) is 1. The van der Waals surface area contributed by atoms with E-state index in [4.69, 9.17) is 11.6 Å². The molecule has 0 unspecified atom stereocenters. The minimum absolute atomic E-state index is 0.138. The Kier molecular flexibility index (Phi) is 6.15. The van der Waals surface area contributed by atoms with Crippen LogP contribution in [0.2, 0.25) is 5.02 Å². The molecule has 0 aliphatic carbocycles. The molecule has 1 atom stereocenters. The number of aryl methyl sites for hydroxylation is 1. The van der Waals surface area contributed by atoms with Crippen LogP contribution in [0.4, 0.5) is 0 Å². The standard InChI is InChI=1S/C24H26ClN5OS/c1-2-20-26-24-30(27-20)23(31)22(32-24)21(18-10-6-7-11-19(18)25)29-14-12-28(13-15-29)16-17-8-4-3-5-9-17/h3-11,21,31H,2,12-16H2,1H3/t21-/m0/s1. The molecule has 6 nitrogen and oxygen atoms in total. The van der Waals surface area contributed by atoms with Crippen LogP contribution in [0.3, 0.4) is 0 Å². The Morgan fingerprint density at radius 2 is 1.75 bits per heavy atom. The number of hydrogen-bond acceptors (Lipinski definition) is 6. The number of benzene rings is 2. The minimum Gasteiger partial charge on any atom is -0.492 e. The largest absolute Gasteiger partial charge is 0.492 e. The Balaban J connectivity index is 1.44. The zero-order valence-electron chi connectivity index (χ0n) is 18.0. The molecule has 2 aromatic heterocycles. The van der Waals surface area contributed by atoms with Crippen molar-refractivity contribution < 1.29 is 5.11 Å². The van der Waals surface area contributed by atoms with E-state index in [9.17, 15) is 5.11 Å². The molecule has 4 aromatic rings. The van der Waals surface area contributed by atoms with E-state index in [1.807, 2.05) is 25.1 Å². The van der Waals surface area contributed by atoms with Gasteiger partial charge in [-0.1, -0.05) is 78.4 Å². The van der Waals surface area contributed by atoms with Gasteiger partial charge in [0.05, 0.1) is 10.9 Å². The molecule has 8 heteroatoms. The van der Waals surface area contributed by atoms with Crippen molar-refractivity contribution in [3.05, 3.63) is 81.4 Å². The van der Waals surface area contributed by atoms with Crippen LogP contribution in [-0.4, -0.2) is 55.7 Å². The van der Waals surface area contributed by atoms with Gasteiger partial charge in [0.25, 0.3) is 0 Å². The normalized spacial score (nSPS) is 16.6. The fourth-order valence-electron chi connectivity index (χ4n) is 4.34. The van der Waals surface area contributed by atoms with Crippen LogP contribution in [0.15, 0.2) is 54.6 Å². The molecule has 2 aromatic carbocycles. The molecule has 1 aliphatic heterocycles. The highest BCUT2D eigenvalue weighted by Crippen LogP contribution is 2.42. The number of aromatic hydroxyl groups is 1. The van der Waals surface area contributed by atoms with E-state index in [0.717, 1.165) is 55.4 Å². The van der Waals surface area contributed by atoms with E-state index in [2.05, 4.69) is 56.3 Å². The maximum atomic E-state index is 11.1. The number of rotatable bonds is 6. The Labute approximate surface area is 196 Å². The topological polar surface area (TPSA) is 56.9 Å². The first-order valence-corrected chi connectivity index (χ1v) is 12.2. The van der Waals surface area contributed by atoms with Gasteiger partial charge in [-0.2, -0.15) is 4.52 Å². The summed E-state index contributed by atoms with van der Waals surface area (Å²) in [5.74, 6) is 0.899. The number of nitrogens with zero attached hydrogens (tertiary/aromatic N) is 5. The number of halogens is 1. The van der Waals surface area contributed by atoms with E-state index >= 15 is 0 Å². The molecule has 0 radical (unpaired) electrons. The van der Waals surface area contributed by atoms with Crippen molar-refractivity contribution in [2.24, 2.45) is 0 Å². The van der Waals surface area contributed by atoms with E-state index in [-0.39, 0.29) is 11.9 Å². The molecule has 1 N–H and O–H groups in total. The van der Waals surface area contributed by atoms with E-state index in [1.54, 1.807) is 4.52 Å². The molecule has 1 fully saturated rings. The van der Waals surface area contributed by atoms with Gasteiger partial charge in [-0.25, -0.2) is 4.98 Å². The maximum Gasteiger partial charge on any atom is 0.230 e. The molecule has 0 amide bonds. The van der Waals surface area contributed by atoms with Gasteiger partial charge >= 0.3 is 0 Å². The molecular weight excluding hydrogens is 442 g/mol. The second kappa shape index (κ2) is 9.19. The summed E-state index contributed by atoms with van der Waals surface area (Å²) in [6.07, 6.45) is 0.737. The molecule has 0 spiro atoms. The number of aromatic nitrogens is 3. The van der Waals surface area contributed by atoms with Gasteiger partial charge < -0.3 is 5.11 Å². The van der Waals surface area contributed by atoms with Gasteiger partial charge in [0.15, 0.2) is 5.82 Å².